The Labute approximate surface area is 127 Å². The molecular weight excluding hydrogens is 288 g/mol. The van der Waals surface area contributed by atoms with Gasteiger partial charge < -0.3 is 10.1 Å². The van der Waals surface area contributed by atoms with Gasteiger partial charge >= 0.3 is 0 Å². The summed E-state index contributed by atoms with van der Waals surface area (Å²) in [6.45, 7) is 2.04. The van der Waals surface area contributed by atoms with Gasteiger partial charge in [0.05, 0.1) is 0 Å². The maximum Gasteiger partial charge on any atom is 0.261 e. The van der Waals surface area contributed by atoms with Crippen LogP contribution in [-0.2, 0) is 11.3 Å². The van der Waals surface area contributed by atoms with Crippen molar-refractivity contribution in [1.29, 1.82) is 0 Å². The number of benzene rings is 2. The maximum absolute atomic E-state index is 13.5. The average molecular weight is 305 g/mol. The quantitative estimate of drug-likeness (QED) is 0.888. The topological polar surface area (TPSA) is 38.3 Å². The van der Waals surface area contributed by atoms with Crippen LogP contribution in [-0.4, -0.2) is 12.0 Å². The lowest BCUT2D eigenvalue weighted by molar-refractivity contribution is -0.128. The van der Waals surface area contributed by atoms with E-state index in [0.717, 1.165) is 5.56 Å². The molecule has 2 aromatic rings. The molecule has 5 heteroatoms. The molecule has 0 heterocycles. The zero-order chi connectivity index (χ0) is 15.9. The molecule has 0 aliphatic carbocycles. The van der Waals surface area contributed by atoms with Crippen molar-refractivity contribution >= 4 is 5.91 Å². The molecule has 0 aromatic heterocycles. The first-order chi connectivity index (χ1) is 10.6. The summed E-state index contributed by atoms with van der Waals surface area (Å²) in [5.74, 6) is -1.13. The van der Waals surface area contributed by atoms with Crippen LogP contribution < -0.4 is 10.1 Å². The lowest BCUT2D eigenvalue weighted by Gasteiger charge is -2.17. The Hall–Kier alpha value is -2.43. The fraction of sp³-hybridized carbons (Fsp3) is 0.235. The Morgan fingerprint density at radius 1 is 1.14 bits per heavy atom. The van der Waals surface area contributed by atoms with Gasteiger partial charge in [-0.25, -0.2) is 8.78 Å². The third-order valence-electron chi connectivity index (χ3n) is 3.15. The van der Waals surface area contributed by atoms with E-state index in [-0.39, 0.29) is 24.0 Å². The van der Waals surface area contributed by atoms with Crippen LogP contribution in [0.3, 0.4) is 0 Å². The van der Waals surface area contributed by atoms with Crippen molar-refractivity contribution in [2.45, 2.75) is 26.0 Å². The first-order valence-electron chi connectivity index (χ1n) is 7.03. The number of para-hydroxylation sites is 1. The van der Waals surface area contributed by atoms with Crippen molar-refractivity contribution in [1.82, 2.24) is 5.32 Å². The zero-order valence-electron chi connectivity index (χ0n) is 12.2. The molecule has 1 N–H and O–H groups in total. The Balaban J connectivity index is 1.94. The molecule has 2 rings (SSSR count). The first-order valence-corrected chi connectivity index (χ1v) is 7.03. The summed E-state index contributed by atoms with van der Waals surface area (Å²) >= 11 is 0. The molecule has 1 amide bonds. The summed E-state index contributed by atoms with van der Waals surface area (Å²) in [6, 6.07) is 11.8. The van der Waals surface area contributed by atoms with Crippen molar-refractivity contribution in [2.75, 3.05) is 0 Å². The Morgan fingerprint density at radius 3 is 2.45 bits per heavy atom. The summed E-state index contributed by atoms with van der Waals surface area (Å²) in [4.78, 5) is 12.1. The van der Waals surface area contributed by atoms with Crippen molar-refractivity contribution in [2.24, 2.45) is 0 Å². The summed E-state index contributed by atoms with van der Waals surface area (Å²) < 4.78 is 31.8. The molecule has 0 fully saturated rings. The highest BCUT2D eigenvalue weighted by atomic mass is 19.1. The number of carbonyl (C=O) groups is 1. The van der Waals surface area contributed by atoms with Gasteiger partial charge in [-0.1, -0.05) is 31.2 Å². The van der Waals surface area contributed by atoms with Crippen molar-refractivity contribution in [3.63, 3.8) is 0 Å². The molecule has 0 saturated carbocycles. The monoisotopic (exact) mass is 305 g/mol. The zero-order valence-corrected chi connectivity index (χ0v) is 12.2. The highest BCUT2D eigenvalue weighted by molar-refractivity contribution is 5.81. The van der Waals surface area contributed by atoms with Crippen LogP contribution in [0.2, 0.25) is 0 Å². The highest BCUT2D eigenvalue weighted by Crippen LogP contribution is 2.18. The van der Waals surface area contributed by atoms with E-state index < -0.39 is 11.9 Å². The van der Waals surface area contributed by atoms with E-state index >= 15 is 0 Å². The second-order valence-corrected chi connectivity index (χ2v) is 4.79. The Kier molecular flexibility index (Phi) is 5.47. The van der Waals surface area contributed by atoms with E-state index in [1.165, 1.54) is 24.3 Å². The minimum atomic E-state index is -0.780. The fourth-order valence-electron chi connectivity index (χ4n) is 1.92. The minimum absolute atomic E-state index is 0.0475. The molecule has 0 saturated heterocycles. The van der Waals surface area contributed by atoms with Crippen LogP contribution in [0, 0.1) is 11.6 Å². The van der Waals surface area contributed by atoms with Gasteiger partial charge in [0.25, 0.3) is 5.91 Å². The maximum atomic E-state index is 13.5. The molecule has 116 valence electrons. The van der Waals surface area contributed by atoms with Gasteiger partial charge in [-0.05, 0) is 36.2 Å². The van der Waals surface area contributed by atoms with Crippen molar-refractivity contribution in [3.05, 3.63) is 65.7 Å². The van der Waals surface area contributed by atoms with E-state index in [0.29, 0.717) is 6.42 Å². The number of ether oxygens (including phenoxy) is 1. The normalized spacial score (nSPS) is 11.8. The SMILES string of the molecule is CCC(Oc1ccccc1F)C(=O)NCc1ccc(F)cc1. The van der Waals surface area contributed by atoms with Crippen LogP contribution in [0.25, 0.3) is 0 Å². The third-order valence-corrected chi connectivity index (χ3v) is 3.15. The van der Waals surface area contributed by atoms with Crippen LogP contribution in [0.5, 0.6) is 5.75 Å². The van der Waals surface area contributed by atoms with E-state index in [1.54, 1.807) is 31.2 Å². The lowest BCUT2D eigenvalue weighted by atomic mass is 10.2. The smallest absolute Gasteiger partial charge is 0.261 e. The van der Waals surface area contributed by atoms with Gasteiger partial charge in [0.2, 0.25) is 0 Å². The molecule has 1 unspecified atom stereocenters. The van der Waals surface area contributed by atoms with Crippen LogP contribution in [0.4, 0.5) is 8.78 Å². The summed E-state index contributed by atoms with van der Waals surface area (Å²) in [7, 11) is 0. The van der Waals surface area contributed by atoms with Crippen molar-refractivity contribution in [3.8, 4) is 5.75 Å². The molecule has 0 spiro atoms. The van der Waals surface area contributed by atoms with Gasteiger partial charge in [0, 0.05) is 6.54 Å². The van der Waals surface area contributed by atoms with Gasteiger partial charge in [0.15, 0.2) is 17.7 Å². The number of carbonyl (C=O) groups excluding carboxylic acids is 1. The van der Waals surface area contributed by atoms with Crippen molar-refractivity contribution < 1.29 is 18.3 Å². The molecule has 0 bridgehead atoms. The molecule has 3 nitrogen and oxygen atoms in total. The lowest BCUT2D eigenvalue weighted by Crippen LogP contribution is -2.37. The van der Waals surface area contributed by atoms with E-state index in [2.05, 4.69) is 5.32 Å². The standard InChI is InChI=1S/C17H17F2NO2/c1-2-15(22-16-6-4-3-5-14(16)19)17(21)20-11-12-7-9-13(18)10-8-12/h3-10,15H,2,11H2,1H3,(H,20,21). The Morgan fingerprint density at radius 2 is 1.82 bits per heavy atom. The van der Waals surface area contributed by atoms with E-state index in [9.17, 15) is 13.6 Å². The number of hydrogen-bond donors (Lipinski definition) is 1. The average Bonchev–Trinajstić information content (AvgIpc) is 2.53. The Bertz CT molecular complexity index is 629. The molecule has 2 aromatic carbocycles. The molecular formula is C17H17F2NO2. The number of nitrogens with one attached hydrogen (secondary N) is 1. The predicted molar refractivity (Wildman–Crippen MR) is 79.4 cm³/mol. The molecule has 22 heavy (non-hydrogen) atoms. The highest BCUT2D eigenvalue weighted by Gasteiger charge is 2.19. The van der Waals surface area contributed by atoms with Crippen LogP contribution in [0.15, 0.2) is 48.5 Å². The second kappa shape index (κ2) is 7.54. The minimum Gasteiger partial charge on any atom is -0.478 e. The van der Waals surface area contributed by atoms with E-state index in [1.807, 2.05) is 0 Å². The number of hydrogen-bond acceptors (Lipinski definition) is 2. The largest absolute Gasteiger partial charge is 0.478 e. The van der Waals surface area contributed by atoms with Gasteiger partial charge in [-0.2, -0.15) is 0 Å². The molecule has 0 aliphatic rings. The molecule has 1 atom stereocenters. The molecule has 0 radical (unpaired) electrons. The summed E-state index contributed by atoms with van der Waals surface area (Å²) in [6.07, 6.45) is -0.374. The fourth-order valence-corrected chi connectivity index (χ4v) is 1.92. The summed E-state index contributed by atoms with van der Waals surface area (Å²) in [5.41, 5.74) is 0.774. The first kappa shape index (κ1) is 15.9. The number of amides is 1. The number of rotatable bonds is 6. The van der Waals surface area contributed by atoms with Gasteiger partial charge in [0.1, 0.15) is 5.82 Å². The van der Waals surface area contributed by atoms with Crippen LogP contribution >= 0.6 is 0 Å². The van der Waals surface area contributed by atoms with Gasteiger partial charge in [-0.3, -0.25) is 4.79 Å². The van der Waals surface area contributed by atoms with E-state index in [4.69, 9.17) is 4.74 Å². The van der Waals surface area contributed by atoms with Gasteiger partial charge in [-0.15, -0.1) is 0 Å². The predicted octanol–water partition coefficient (Wildman–Crippen LogP) is 3.44. The molecule has 0 aliphatic heterocycles. The third kappa shape index (κ3) is 4.28. The summed E-state index contributed by atoms with van der Waals surface area (Å²) in [5, 5.41) is 2.70. The second-order valence-electron chi connectivity index (χ2n) is 4.79. The number of halogens is 2. The van der Waals surface area contributed by atoms with Crippen LogP contribution in [0.1, 0.15) is 18.9 Å².